The molecule has 37 heavy (non-hydrogen) atoms. The summed E-state index contributed by atoms with van der Waals surface area (Å²) in [5.41, 5.74) is 5.88. The van der Waals surface area contributed by atoms with Gasteiger partial charge in [0, 0.05) is 13.0 Å². The smallest absolute Gasteiger partial charge is 0.254 e. The molecule has 4 aromatic carbocycles. The minimum atomic E-state index is -0.750. The molecule has 5 rings (SSSR count). The monoisotopic (exact) mass is 494 g/mol. The van der Waals surface area contributed by atoms with Crippen LogP contribution in [-0.2, 0) is 19.4 Å². The van der Waals surface area contributed by atoms with Crippen molar-refractivity contribution in [1.29, 1.82) is 0 Å². The standard InChI is InChI=1S/C32H31FN2O2/c33-29-19-25(24-11-5-2-6-12-24)15-16-27(29)32(37)35-31-28-18-23(13-14-26(28)20-30(31)36)21-34-17-7-10-22-8-3-1-4-9-22/h1-6,8-9,11-16,18-19,30-31,34,36H,7,10,17,20-21H2,(H,35,37)/t30-,31-/m1/s1. The largest absolute Gasteiger partial charge is 0.390 e. The van der Waals surface area contributed by atoms with E-state index in [0.29, 0.717) is 18.5 Å². The second kappa shape index (κ2) is 11.5. The number of aryl methyl sites for hydroxylation is 1. The molecule has 5 heteroatoms. The first kappa shape index (κ1) is 24.9. The number of aliphatic hydroxyl groups excluding tert-OH is 1. The predicted octanol–water partition coefficient (Wildman–Crippen LogP) is 5.60. The number of aliphatic hydroxyl groups is 1. The van der Waals surface area contributed by atoms with Crippen molar-refractivity contribution in [3.63, 3.8) is 0 Å². The summed E-state index contributed by atoms with van der Waals surface area (Å²) >= 11 is 0. The third kappa shape index (κ3) is 5.96. The number of hydrogen-bond donors (Lipinski definition) is 3. The van der Waals surface area contributed by atoms with Crippen LogP contribution < -0.4 is 10.6 Å². The molecule has 0 spiro atoms. The molecule has 2 atom stereocenters. The fourth-order valence-corrected chi connectivity index (χ4v) is 4.98. The summed E-state index contributed by atoms with van der Waals surface area (Å²) in [6.07, 6.45) is 1.78. The molecule has 0 unspecified atom stereocenters. The molecule has 3 N–H and O–H groups in total. The second-order valence-electron chi connectivity index (χ2n) is 9.58. The van der Waals surface area contributed by atoms with Gasteiger partial charge in [-0.15, -0.1) is 0 Å². The van der Waals surface area contributed by atoms with E-state index >= 15 is 0 Å². The molecule has 188 valence electrons. The first-order valence-corrected chi connectivity index (χ1v) is 12.8. The summed E-state index contributed by atoms with van der Waals surface area (Å²) in [5, 5.41) is 17.0. The molecule has 4 aromatic rings. The fraction of sp³-hybridized carbons (Fsp3) is 0.219. The van der Waals surface area contributed by atoms with Crippen LogP contribution in [0.4, 0.5) is 4.39 Å². The number of hydrogen-bond acceptors (Lipinski definition) is 3. The van der Waals surface area contributed by atoms with Crippen molar-refractivity contribution in [1.82, 2.24) is 10.6 Å². The Hall–Kier alpha value is -3.80. The van der Waals surface area contributed by atoms with Crippen LogP contribution in [-0.4, -0.2) is 23.7 Å². The van der Waals surface area contributed by atoms with Gasteiger partial charge in [0.2, 0.25) is 0 Å². The van der Waals surface area contributed by atoms with E-state index in [1.54, 1.807) is 6.07 Å². The number of carbonyl (C=O) groups is 1. The number of halogens is 1. The average molecular weight is 495 g/mol. The van der Waals surface area contributed by atoms with Gasteiger partial charge >= 0.3 is 0 Å². The zero-order valence-electron chi connectivity index (χ0n) is 20.7. The van der Waals surface area contributed by atoms with Crippen LogP contribution >= 0.6 is 0 Å². The molecule has 0 bridgehead atoms. The Morgan fingerprint density at radius 1 is 0.865 bits per heavy atom. The molecule has 1 aliphatic rings. The Morgan fingerprint density at radius 3 is 2.38 bits per heavy atom. The average Bonchev–Trinajstić information content (AvgIpc) is 3.23. The van der Waals surface area contributed by atoms with Crippen LogP contribution in [0.1, 0.15) is 45.1 Å². The van der Waals surface area contributed by atoms with E-state index in [4.69, 9.17) is 0 Å². The normalized spacial score (nSPS) is 16.4. The molecular formula is C32H31FN2O2. The molecule has 0 saturated heterocycles. The lowest BCUT2D eigenvalue weighted by Gasteiger charge is -2.19. The molecule has 0 aromatic heterocycles. The Labute approximate surface area is 217 Å². The number of amides is 1. The van der Waals surface area contributed by atoms with Crippen LogP contribution in [0.2, 0.25) is 0 Å². The molecule has 1 aliphatic carbocycles. The quantitative estimate of drug-likeness (QED) is 0.265. The van der Waals surface area contributed by atoms with Gasteiger partial charge in [0.05, 0.1) is 17.7 Å². The van der Waals surface area contributed by atoms with Crippen molar-refractivity contribution >= 4 is 5.91 Å². The van der Waals surface area contributed by atoms with Crippen molar-refractivity contribution in [2.75, 3.05) is 6.54 Å². The van der Waals surface area contributed by atoms with E-state index in [-0.39, 0.29) is 5.56 Å². The minimum absolute atomic E-state index is 0.0310. The predicted molar refractivity (Wildman–Crippen MR) is 145 cm³/mol. The zero-order chi connectivity index (χ0) is 25.6. The SMILES string of the molecule is O=C(N[C@@H]1c2cc(CNCCCc3ccccc3)ccc2C[C@H]1O)c1ccc(-c2ccccc2)cc1F. The molecule has 0 heterocycles. The van der Waals surface area contributed by atoms with Gasteiger partial charge in [-0.2, -0.15) is 0 Å². The van der Waals surface area contributed by atoms with Crippen LogP contribution in [0.3, 0.4) is 0 Å². The number of benzene rings is 4. The number of carbonyl (C=O) groups excluding carboxylic acids is 1. The van der Waals surface area contributed by atoms with E-state index in [1.165, 1.54) is 17.7 Å². The Bertz CT molecular complexity index is 1360. The van der Waals surface area contributed by atoms with Crippen LogP contribution in [0.25, 0.3) is 11.1 Å². The highest BCUT2D eigenvalue weighted by atomic mass is 19.1. The summed E-state index contributed by atoms with van der Waals surface area (Å²) in [7, 11) is 0. The van der Waals surface area contributed by atoms with Crippen LogP contribution in [0.5, 0.6) is 0 Å². The lowest BCUT2D eigenvalue weighted by Crippen LogP contribution is -2.34. The highest BCUT2D eigenvalue weighted by molar-refractivity contribution is 5.95. The Morgan fingerprint density at radius 2 is 1.62 bits per heavy atom. The third-order valence-corrected chi connectivity index (χ3v) is 6.96. The molecule has 0 saturated carbocycles. The van der Waals surface area contributed by atoms with E-state index in [1.807, 2.05) is 48.5 Å². The van der Waals surface area contributed by atoms with Crippen LogP contribution in [0, 0.1) is 5.82 Å². The van der Waals surface area contributed by atoms with E-state index in [2.05, 4.69) is 41.0 Å². The van der Waals surface area contributed by atoms with Gasteiger partial charge in [-0.3, -0.25) is 4.79 Å². The van der Waals surface area contributed by atoms with Crippen LogP contribution in [0.15, 0.2) is 97.1 Å². The van der Waals surface area contributed by atoms with E-state index < -0.39 is 23.9 Å². The highest BCUT2D eigenvalue weighted by Crippen LogP contribution is 2.33. The van der Waals surface area contributed by atoms with Crippen molar-refractivity contribution in [3.05, 3.63) is 131 Å². The van der Waals surface area contributed by atoms with Crippen molar-refractivity contribution in [3.8, 4) is 11.1 Å². The van der Waals surface area contributed by atoms with Gasteiger partial charge in [-0.05, 0) is 64.9 Å². The maximum Gasteiger partial charge on any atom is 0.254 e. The second-order valence-corrected chi connectivity index (χ2v) is 9.58. The Kier molecular flexibility index (Phi) is 7.73. The van der Waals surface area contributed by atoms with Gasteiger partial charge in [-0.25, -0.2) is 4.39 Å². The summed E-state index contributed by atoms with van der Waals surface area (Å²) in [6.45, 7) is 1.60. The van der Waals surface area contributed by atoms with Crippen molar-refractivity contribution in [2.24, 2.45) is 0 Å². The highest BCUT2D eigenvalue weighted by Gasteiger charge is 2.33. The van der Waals surface area contributed by atoms with E-state index in [0.717, 1.165) is 41.6 Å². The summed E-state index contributed by atoms with van der Waals surface area (Å²) in [4.78, 5) is 13.0. The summed E-state index contributed by atoms with van der Waals surface area (Å²) in [6, 6.07) is 30.1. The fourth-order valence-electron chi connectivity index (χ4n) is 4.98. The van der Waals surface area contributed by atoms with Gasteiger partial charge in [0.25, 0.3) is 5.91 Å². The summed E-state index contributed by atoms with van der Waals surface area (Å²) in [5.74, 6) is -1.11. The maximum atomic E-state index is 14.9. The van der Waals surface area contributed by atoms with E-state index in [9.17, 15) is 14.3 Å². The molecule has 0 fully saturated rings. The molecule has 0 radical (unpaired) electrons. The van der Waals surface area contributed by atoms with Gasteiger partial charge in [0.15, 0.2) is 0 Å². The lowest BCUT2D eigenvalue weighted by molar-refractivity contribution is 0.0854. The van der Waals surface area contributed by atoms with Gasteiger partial charge in [-0.1, -0.05) is 84.9 Å². The van der Waals surface area contributed by atoms with Crippen molar-refractivity contribution in [2.45, 2.75) is 38.0 Å². The third-order valence-electron chi connectivity index (χ3n) is 6.96. The zero-order valence-corrected chi connectivity index (χ0v) is 20.7. The minimum Gasteiger partial charge on any atom is -0.390 e. The first-order chi connectivity index (χ1) is 18.1. The molecule has 4 nitrogen and oxygen atoms in total. The Balaban J connectivity index is 1.21. The summed E-state index contributed by atoms with van der Waals surface area (Å²) < 4.78 is 14.9. The molecular weight excluding hydrogens is 463 g/mol. The van der Waals surface area contributed by atoms with Gasteiger partial charge < -0.3 is 15.7 Å². The maximum absolute atomic E-state index is 14.9. The van der Waals surface area contributed by atoms with Gasteiger partial charge in [0.1, 0.15) is 5.82 Å². The molecule has 0 aliphatic heterocycles. The topological polar surface area (TPSA) is 61.4 Å². The van der Waals surface area contributed by atoms with Crippen molar-refractivity contribution < 1.29 is 14.3 Å². The number of rotatable bonds is 9. The number of nitrogens with one attached hydrogen (secondary N) is 2. The first-order valence-electron chi connectivity index (χ1n) is 12.8. The number of fused-ring (bicyclic) bond motifs is 1. The lowest BCUT2D eigenvalue weighted by atomic mass is 10.0. The molecule has 1 amide bonds.